The second kappa shape index (κ2) is 8.70. The van der Waals surface area contributed by atoms with Gasteiger partial charge in [0, 0.05) is 49.3 Å². The molecule has 2 aliphatic rings. The molecule has 1 spiro atoms. The third kappa shape index (κ3) is 3.89. The van der Waals surface area contributed by atoms with E-state index in [1.165, 1.54) is 5.56 Å². The summed E-state index contributed by atoms with van der Waals surface area (Å²) in [5.74, 6) is 0.0710. The van der Waals surface area contributed by atoms with Gasteiger partial charge < -0.3 is 9.64 Å². The fourth-order valence-corrected chi connectivity index (χ4v) is 5.35. The molecule has 160 valence electrons. The molecule has 1 amide bonds. The van der Waals surface area contributed by atoms with Gasteiger partial charge in [-0.3, -0.25) is 9.69 Å². The maximum atomic E-state index is 13.2. The van der Waals surface area contributed by atoms with E-state index in [-0.39, 0.29) is 11.3 Å². The van der Waals surface area contributed by atoms with Crippen LogP contribution in [-0.2, 0) is 9.53 Å². The summed E-state index contributed by atoms with van der Waals surface area (Å²) in [4.78, 5) is 17.7. The summed E-state index contributed by atoms with van der Waals surface area (Å²) >= 11 is 6.13. The van der Waals surface area contributed by atoms with Gasteiger partial charge in [0.2, 0.25) is 0 Å². The molecule has 0 N–H and O–H groups in total. The zero-order valence-electron chi connectivity index (χ0n) is 18.1. The number of nitrogens with zero attached hydrogens (tertiary/aromatic N) is 2. The minimum absolute atomic E-state index is 0.0710. The molecule has 2 aromatic carbocycles. The maximum absolute atomic E-state index is 13.2. The Balaban J connectivity index is 1.48. The number of hydrogen-bond acceptors (Lipinski definition) is 3. The van der Waals surface area contributed by atoms with Crippen molar-refractivity contribution >= 4 is 17.5 Å². The van der Waals surface area contributed by atoms with Crippen LogP contribution < -0.4 is 0 Å². The highest BCUT2D eigenvalue weighted by molar-refractivity contribution is 6.30. The lowest BCUT2D eigenvalue weighted by Gasteiger charge is -2.62. The minimum Gasteiger partial charge on any atom is -0.367 e. The highest BCUT2D eigenvalue weighted by Crippen LogP contribution is 2.55. The Hall–Kier alpha value is -1.88. The maximum Gasteiger partial charge on any atom is 0.256 e. The quantitative estimate of drug-likeness (QED) is 0.666. The van der Waals surface area contributed by atoms with Crippen molar-refractivity contribution in [3.63, 3.8) is 0 Å². The van der Waals surface area contributed by atoms with Gasteiger partial charge in [-0.1, -0.05) is 54.1 Å². The number of carbonyl (C=O) groups excluding carboxylic acids is 1. The largest absolute Gasteiger partial charge is 0.367 e. The van der Waals surface area contributed by atoms with Crippen LogP contribution in [0, 0.1) is 5.41 Å². The van der Waals surface area contributed by atoms with Gasteiger partial charge in [-0.05, 0) is 49.9 Å². The summed E-state index contributed by atoms with van der Waals surface area (Å²) in [6.07, 6.45) is 1.50. The molecular formula is C25H31ClN2O2. The second-order valence-corrected chi connectivity index (χ2v) is 9.37. The zero-order valence-corrected chi connectivity index (χ0v) is 18.8. The Labute approximate surface area is 184 Å². The van der Waals surface area contributed by atoms with Gasteiger partial charge in [0.15, 0.2) is 6.10 Å². The van der Waals surface area contributed by atoms with E-state index in [0.717, 1.165) is 43.1 Å². The third-order valence-electron chi connectivity index (χ3n) is 6.89. The monoisotopic (exact) mass is 426 g/mol. The molecule has 2 saturated heterocycles. The summed E-state index contributed by atoms with van der Waals surface area (Å²) < 4.78 is 5.58. The van der Waals surface area contributed by atoms with Crippen molar-refractivity contribution in [1.29, 1.82) is 0 Å². The molecule has 2 atom stereocenters. The number of halogens is 1. The van der Waals surface area contributed by atoms with Crippen LogP contribution in [0.25, 0.3) is 0 Å². The number of carbonyl (C=O) groups is 1. The fourth-order valence-electron chi connectivity index (χ4n) is 5.23. The predicted molar refractivity (Wildman–Crippen MR) is 120 cm³/mol. The molecule has 2 fully saturated rings. The molecule has 4 rings (SSSR count). The number of ether oxygens (including phenoxy) is 1. The van der Waals surface area contributed by atoms with Gasteiger partial charge in [-0.15, -0.1) is 0 Å². The van der Waals surface area contributed by atoms with Crippen molar-refractivity contribution in [3.8, 4) is 0 Å². The average Bonchev–Trinajstić information content (AvgIpc) is 2.75. The first kappa shape index (κ1) is 21.4. The van der Waals surface area contributed by atoms with Crippen LogP contribution in [0.15, 0.2) is 54.6 Å². The Bertz CT molecular complexity index is 860. The van der Waals surface area contributed by atoms with Crippen LogP contribution in [0.5, 0.6) is 0 Å². The van der Waals surface area contributed by atoms with E-state index in [2.05, 4.69) is 30.9 Å². The van der Waals surface area contributed by atoms with Gasteiger partial charge >= 0.3 is 0 Å². The van der Waals surface area contributed by atoms with Gasteiger partial charge in [0.05, 0.1) is 0 Å². The molecular weight excluding hydrogens is 396 g/mol. The molecule has 4 nitrogen and oxygen atoms in total. The van der Waals surface area contributed by atoms with E-state index in [0.29, 0.717) is 12.1 Å². The van der Waals surface area contributed by atoms with Crippen molar-refractivity contribution in [2.75, 3.05) is 26.7 Å². The van der Waals surface area contributed by atoms with E-state index in [1.54, 1.807) is 7.11 Å². The third-order valence-corrected chi connectivity index (χ3v) is 7.14. The Kier molecular flexibility index (Phi) is 6.19. The van der Waals surface area contributed by atoms with Crippen molar-refractivity contribution < 1.29 is 9.53 Å². The molecule has 0 aliphatic carbocycles. The van der Waals surface area contributed by atoms with Crippen LogP contribution in [0.1, 0.15) is 50.0 Å². The molecule has 0 bridgehead atoms. The summed E-state index contributed by atoms with van der Waals surface area (Å²) in [6.45, 7) is 7.17. The highest BCUT2D eigenvalue weighted by Gasteiger charge is 2.55. The molecule has 0 aromatic heterocycles. The molecule has 0 radical (unpaired) electrons. The summed E-state index contributed by atoms with van der Waals surface area (Å²) in [5.41, 5.74) is 2.47. The van der Waals surface area contributed by atoms with Crippen LogP contribution in [0.3, 0.4) is 0 Å². The van der Waals surface area contributed by atoms with Crippen LogP contribution in [0.4, 0.5) is 0 Å². The van der Waals surface area contributed by atoms with Crippen LogP contribution in [-0.4, -0.2) is 48.5 Å². The lowest BCUT2D eigenvalue weighted by Crippen LogP contribution is -2.64. The lowest BCUT2D eigenvalue weighted by molar-refractivity contribution is -0.156. The second-order valence-electron chi connectivity index (χ2n) is 8.93. The van der Waals surface area contributed by atoms with Gasteiger partial charge in [0.1, 0.15) is 0 Å². The van der Waals surface area contributed by atoms with Gasteiger partial charge in [0.25, 0.3) is 5.91 Å². The molecule has 5 heteroatoms. The van der Waals surface area contributed by atoms with Crippen molar-refractivity contribution in [3.05, 3.63) is 70.7 Å². The highest BCUT2D eigenvalue weighted by atomic mass is 35.5. The topological polar surface area (TPSA) is 32.8 Å². The van der Waals surface area contributed by atoms with Crippen molar-refractivity contribution in [2.24, 2.45) is 5.41 Å². The molecule has 2 heterocycles. The van der Waals surface area contributed by atoms with E-state index in [9.17, 15) is 4.79 Å². The van der Waals surface area contributed by atoms with E-state index in [1.807, 2.05) is 47.4 Å². The number of piperidine rings is 1. The molecule has 2 aromatic rings. The Morgan fingerprint density at radius 3 is 2.27 bits per heavy atom. The Morgan fingerprint density at radius 1 is 1.07 bits per heavy atom. The average molecular weight is 427 g/mol. The predicted octanol–water partition coefficient (Wildman–Crippen LogP) is 5.10. The SMILES string of the molecule is COC(C(=O)N1CCC2(CC1)CN(C(C)C)C2c1ccc(Cl)cc1)c1ccccc1. The number of benzene rings is 2. The van der Waals surface area contributed by atoms with Crippen LogP contribution in [0.2, 0.25) is 5.02 Å². The summed E-state index contributed by atoms with van der Waals surface area (Å²) in [7, 11) is 1.62. The van der Waals surface area contributed by atoms with Crippen LogP contribution >= 0.6 is 11.6 Å². The first-order valence-electron chi connectivity index (χ1n) is 10.8. The van der Waals surface area contributed by atoms with Gasteiger partial charge in [-0.25, -0.2) is 0 Å². The molecule has 2 aliphatic heterocycles. The number of likely N-dealkylation sites (tertiary alicyclic amines) is 2. The van der Waals surface area contributed by atoms with Crippen molar-refractivity contribution in [1.82, 2.24) is 9.80 Å². The fraction of sp³-hybridized carbons (Fsp3) is 0.480. The first-order chi connectivity index (χ1) is 14.4. The lowest BCUT2D eigenvalue weighted by atomic mass is 9.62. The number of hydrogen-bond donors (Lipinski definition) is 0. The molecule has 2 unspecified atom stereocenters. The number of rotatable bonds is 5. The first-order valence-corrected chi connectivity index (χ1v) is 11.2. The van der Waals surface area contributed by atoms with Gasteiger partial charge in [-0.2, -0.15) is 0 Å². The number of methoxy groups -OCH3 is 1. The number of amides is 1. The van der Waals surface area contributed by atoms with Crippen molar-refractivity contribution in [2.45, 2.75) is 44.9 Å². The Morgan fingerprint density at radius 2 is 1.70 bits per heavy atom. The normalized spacial score (nSPS) is 22.2. The zero-order chi connectivity index (χ0) is 21.3. The standard InChI is InChI=1S/C25H31ClN2O2/c1-18(2)28-17-25(23(28)20-9-11-21(26)12-10-20)13-15-27(16-14-25)24(29)22(30-3)19-7-5-4-6-8-19/h4-12,18,22-23H,13-17H2,1-3H3. The summed E-state index contributed by atoms with van der Waals surface area (Å²) in [5, 5.41) is 0.773. The molecule has 30 heavy (non-hydrogen) atoms. The summed E-state index contributed by atoms with van der Waals surface area (Å²) in [6, 6.07) is 19.0. The van der Waals surface area contributed by atoms with E-state index >= 15 is 0 Å². The van der Waals surface area contributed by atoms with E-state index < -0.39 is 6.10 Å². The smallest absolute Gasteiger partial charge is 0.256 e. The minimum atomic E-state index is -0.527. The van der Waals surface area contributed by atoms with E-state index in [4.69, 9.17) is 16.3 Å². The molecule has 0 saturated carbocycles.